The van der Waals surface area contributed by atoms with Gasteiger partial charge in [-0.2, -0.15) is 23.4 Å². The highest BCUT2D eigenvalue weighted by Crippen LogP contribution is 2.40. The number of nitrogens with two attached hydrogens (primary N) is 3. The largest absolute Gasteiger partial charge is 0.478 e. The van der Waals surface area contributed by atoms with Gasteiger partial charge in [0, 0.05) is 31.2 Å². The Hall–Kier alpha value is -4.21. The van der Waals surface area contributed by atoms with Crippen molar-refractivity contribution < 1.29 is 37.3 Å². The van der Waals surface area contributed by atoms with E-state index in [4.69, 9.17) is 22.0 Å². The van der Waals surface area contributed by atoms with Gasteiger partial charge in [-0.1, -0.05) is 5.16 Å². The molecule has 19 nitrogen and oxygen atoms in total. The average Bonchev–Trinajstić information content (AvgIpc) is 3.36. The van der Waals surface area contributed by atoms with Gasteiger partial charge in [-0.3, -0.25) is 19.1 Å². The molecule has 1 saturated carbocycles. The van der Waals surface area contributed by atoms with Crippen molar-refractivity contribution in [2.45, 2.75) is 56.8 Å². The molecule has 9 N–H and O–H groups in total. The smallest absolute Gasteiger partial charge is 0.362 e. The minimum Gasteiger partial charge on any atom is -0.478 e. The summed E-state index contributed by atoms with van der Waals surface area (Å²) < 4.78 is 33.9. The summed E-state index contributed by atoms with van der Waals surface area (Å²) in [6, 6.07) is -1.69. The van der Waals surface area contributed by atoms with Crippen molar-refractivity contribution >= 4 is 56.1 Å². The number of nitrogens with one attached hydrogen (secondary N) is 1. The average molecular weight is 642 g/mol. The van der Waals surface area contributed by atoms with Gasteiger partial charge in [-0.05, 0) is 19.9 Å². The van der Waals surface area contributed by atoms with Crippen LogP contribution >= 0.6 is 11.3 Å². The van der Waals surface area contributed by atoms with Gasteiger partial charge in [-0.25, -0.2) is 14.1 Å². The number of aliphatic carboxylic acids is 1. The molecular weight excluding hydrogens is 610 g/mol. The molecule has 3 atom stereocenters. The number of Topliss-reactive ketones (excluding diaryl/α,β-unsaturated/α-hetero) is 1. The van der Waals surface area contributed by atoms with Crippen LogP contribution in [0.25, 0.3) is 0 Å². The Kier molecular flexibility index (Phi) is 9.27. The molecule has 0 spiro atoms. The molecule has 3 heterocycles. The fourth-order valence-corrected chi connectivity index (χ4v) is 5.67. The van der Waals surface area contributed by atoms with Gasteiger partial charge in [0.25, 0.3) is 0 Å². The van der Waals surface area contributed by atoms with E-state index >= 15 is 0 Å². The molecule has 234 valence electrons. The summed E-state index contributed by atoms with van der Waals surface area (Å²) in [5.41, 5.74) is 15.4. The molecular formula is C22H31N11O8S2. The summed E-state index contributed by atoms with van der Waals surface area (Å²) in [6.45, 7) is 2.34. The lowest BCUT2D eigenvalue weighted by molar-refractivity contribution is -0.153. The number of β-lactam (4-membered cyclic amide) rings is 1. The lowest BCUT2D eigenvalue weighted by Gasteiger charge is -2.43. The van der Waals surface area contributed by atoms with E-state index in [1.165, 1.54) is 11.6 Å². The van der Waals surface area contributed by atoms with Gasteiger partial charge in [0.15, 0.2) is 22.6 Å². The number of guanidine groups is 1. The molecule has 1 saturated heterocycles. The minimum absolute atomic E-state index is 0.00522. The topological polar surface area (TPSA) is 297 Å². The van der Waals surface area contributed by atoms with Crippen LogP contribution in [-0.2, 0) is 36.1 Å². The Morgan fingerprint density at radius 2 is 2.09 bits per heavy atom. The predicted octanol–water partition coefficient (Wildman–Crippen LogP) is -1.74. The molecule has 0 aromatic carbocycles. The van der Waals surface area contributed by atoms with Crippen molar-refractivity contribution in [1.82, 2.24) is 29.6 Å². The molecule has 2 aromatic rings. The molecule has 2 aliphatic rings. The Balaban J connectivity index is 1.51. The molecule has 4 rings (SSSR count). The molecule has 1 aliphatic carbocycles. The maximum atomic E-state index is 13.4. The standard InChI is InChI=1S/C22H31N11O8S2/c1-11(28-20(24)26-6-2-5-23)13-8-27-32(30-13)9-15-12(18(35)33(15)43(38,39)40)7-16(34)17(14-10-42-21(25)29-14)31-41-22(3-4-22)19(36)37/h8,10-12,15H,2-7,9,23H2,1H3,(H2,25,29)(H,36,37)(H3,24,26,28)(H,38,39,40)/b31-17-/t11?,12-,15+/m0/s1. The quantitative estimate of drug-likeness (QED) is 0.0314. The van der Waals surface area contributed by atoms with Crippen molar-refractivity contribution in [1.29, 1.82) is 0 Å². The van der Waals surface area contributed by atoms with Crippen LogP contribution in [-0.4, -0.2) is 96.4 Å². The third-order valence-corrected chi connectivity index (χ3v) is 8.37. The lowest BCUT2D eigenvalue weighted by atomic mass is 9.84. The third-order valence-electron chi connectivity index (χ3n) is 6.75. The molecule has 0 bridgehead atoms. The zero-order valence-corrected chi connectivity index (χ0v) is 24.5. The number of thiazole rings is 1. The first-order chi connectivity index (χ1) is 20.3. The number of nitrogen functional groups attached to an aromatic ring is 1. The number of oxime groups is 1. The number of ketones is 1. The Bertz CT molecular complexity index is 1550. The van der Waals surface area contributed by atoms with Crippen molar-refractivity contribution in [2.75, 3.05) is 18.8 Å². The van der Waals surface area contributed by atoms with E-state index in [-0.39, 0.29) is 46.2 Å². The van der Waals surface area contributed by atoms with Crippen LogP contribution in [0.1, 0.15) is 50.0 Å². The van der Waals surface area contributed by atoms with E-state index in [2.05, 4.69) is 30.6 Å². The zero-order chi connectivity index (χ0) is 31.5. The van der Waals surface area contributed by atoms with E-state index in [0.29, 0.717) is 25.2 Å². The summed E-state index contributed by atoms with van der Waals surface area (Å²) >= 11 is 0.992. The van der Waals surface area contributed by atoms with Crippen molar-refractivity contribution in [2.24, 2.45) is 27.5 Å². The van der Waals surface area contributed by atoms with Gasteiger partial charge in [0.2, 0.25) is 11.5 Å². The number of carboxylic acid groups (broad SMARTS) is 1. The molecule has 43 heavy (non-hydrogen) atoms. The van der Waals surface area contributed by atoms with E-state index in [0.717, 1.165) is 16.1 Å². The van der Waals surface area contributed by atoms with E-state index in [1.807, 2.05) is 0 Å². The minimum atomic E-state index is -4.99. The highest BCUT2D eigenvalue weighted by Gasteiger charge is 2.56. The van der Waals surface area contributed by atoms with Gasteiger partial charge >= 0.3 is 16.3 Å². The molecule has 1 aliphatic heterocycles. The summed E-state index contributed by atoms with van der Waals surface area (Å²) in [7, 11) is -4.99. The van der Waals surface area contributed by atoms with E-state index in [9.17, 15) is 32.5 Å². The number of hydrogen-bond acceptors (Lipinski definition) is 14. The van der Waals surface area contributed by atoms with E-state index in [1.54, 1.807) is 6.92 Å². The Labute approximate surface area is 249 Å². The summed E-state index contributed by atoms with van der Waals surface area (Å²) in [5, 5.41) is 26.0. The van der Waals surface area contributed by atoms with Gasteiger partial charge in [0.05, 0.1) is 30.7 Å². The number of amides is 1. The number of carbonyl (C=O) groups excluding carboxylic acids is 2. The first kappa shape index (κ1) is 31.7. The molecule has 2 fully saturated rings. The first-order valence-electron chi connectivity index (χ1n) is 13.0. The summed E-state index contributed by atoms with van der Waals surface area (Å²) in [4.78, 5) is 52.1. The molecule has 0 radical (unpaired) electrons. The van der Waals surface area contributed by atoms with Crippen LogP contribution in [0.4, 0.5) is 5.13 Å². The highest BCUT2D eigenvalue weighted by molar-refractivity contribution is 7.84. The second-order valence-corrected chi connectivity index (χ2v) is 12.1. The Morgan fingerprint density at radius 3 is 2.67 bits per heavy atom. The zero-order valence-electron chi connectivity index (χ0n) is 22.9. The fraction of sp³-hybridized carbons (Fsp3) is 0.545. The second-order valence-electron chi connectivity index (χ2n) is 9.91. The number of aromatic nitrogens is 4. The lowest BCUT2D eigenvalue weighted by Crippen LogP contribution is -2.64. The first-order valence-corrected chi connectivity index (χ1v) is 15.2. The number of aliphatic imine (C=N–C) groups is 1. The second kappa shape index (κ2) is 12.6. The third kappa shape index (κ3) is 7.24. The van der Waals surface area contributed by atoms with Crippen LogP contribution < -0.4 is 22.5 Å². The molecule has 1 unspecified atom stereocenters. The number of nitrogens with zero attached hydrogens (tertiary/aromatic N) is 7. The number of hydrogen-bond donors (Lipinski definition) is 6. The van der Waals surface area contributed by atoms with Crippen molar-refractivity contribution in [3.05, 3.63) is 23.0 Å². The van der Waals surface area contributed by atoms with Crippen LogP contribution in [0.5, 0.6) is 0 Å². The van der Waals surface area contributed by atoms with Gasteiger partial charge in [0.1, 0.15) is 11.4 Å². The number of carbonyl (C=O) groups is 3. The molecule has 2 aromatic heterocycles. The van der Waals surface area contributed by atoms with Gasteiger partial charge in [-0.15, -0.1) is 11.3 Å². The summed E-state index contributed by atoms with van der Waals surface area (Å²) in [5.74, 6) is -4.15. The normalized spacial score (nSPS) is 20.8. The van der Waals surface area contributed by atoms with Crippen molar-refractivity contribution in [3.63, 3.8) is 0 Å². The summed E-state index contributed by atoms with van der Waals surface area (Å²) in [6.07, 6.45) is 1.84. The van der Waals surface area contributed by atoms with Crippen LogP contribution in [0, 0.1) is 5.92 Å². The number of rotatable bonds is 15. The molecule has 21 heteroatoms. The van der Waals surface area contributed by atoms with Crippen molar-refractivity contribution in [3.8, 4) is 0 Å². The van der Waals surface area contributed by atoms with Crippen LogP contribution in [0.2, 0.25) is 0 Å². The maximum Gasteiger partial charge on any atom is 0.362 e. The Morgan fingerprint density at radius 1 is 1.37 bits per heavy atom. The monoisotopic (exact) mass is 641 g/mol. The fourth-order valence-electron chi connectivity index (χ4n) is 4.20. The SMILES string of the molecule is CC(NC(N)=NCCCN)c1cnn(C[C@@H]2[C@H](CC(=O)/C(=N\OC3(C(=O)O)CC3)c3csc(N)n3)C(=O)N2S(=O)(=O)O)n1. The maximum absolute atomic E-state index is 13.4. The molecule has 1 amide bonds. The van der Waals surface area contributed by atoms with Crippen LogP contribution in [0.15, 0.2) is 21.7 Å². The van der Waals surface area contributed by atoms with Gasteiger partial charge < -0.3 is 32.5 Å². The number of carboxylic acids is 1. The van der Waals surface area contributed by atoms with Crippen LogP contribution in [0.3, 0.4) is 0 Å². The number of anilines is 1. The predicted molar refractivity (Wildman–Crippen MR) is 151 cm³/mol. The van der Waals surface area contributed by atoms with E-state index < -0.39 is 58.0 Å². The highest BCUT2D eigenvalue weighted by atomic mass is 32.2.